The van der Waals surface area contributed by atoms with Gasteiger partial charge in [0.15, 0.2) is 0 Å². The van der Waals surface area contributed by atoms with Gasteiger partial charge >= 0.3 is 6.09 Å². The molecule has 1 aromatic rings. The van der Waals surface area contributed by atoms with E-state index >= 15 is 0 Å². The van der Waals surface area contributed by atoms with Crippen LogP contribution in [0.25, 0.3) is 0 Å². The minimum absolute atomic E-state index is 0. The zero-order valence-corrected chi connectivity index (χ0v) is 16.9. The average molecular weight is 413 g/mol. The maximum Gasteiger partial charge on any atom is 0.410 e. The van der Waals surface area contributed by atoms with Crippen LogP contribution in [0.2, 0.25) is 0 Å². The van der Waals surface area contributed by atoms with Crippen molar-refractivity contribution in [2.75, 3.05) is 33.3 Å². The number of nitrogens with zero attached hydrogens (tertiary/aromatic N) is 1. The molecule has 2 aliphatic heterocycles. The van der Waals surface area contributed by atoms with E-state index in [-0.39, 0.29) is 25.7 Å². The van der Waals surface area contributed by atoms with E-state index in [1.54, 1.807) is 4.90 Å². The van der Waals surface area contributed by atoms with Crippen molar-refractivity contribution >= 4 is 6.09 Å². The number of rotatable bonds is 2. The van der Waals surface area contributed by atoms with E-state index < -0.39 is 0 Å². The predicted molar refractivity (Wildman–Crippen MR) is 116 cm³/mol. The van der Waals surface area contributed by atoms with Gasteiger partial charge < -0.3 is 30.3 Å². The van der Waals surface area contributed by atoms with Crippen LogP contribution >= 0.6 is 0 Å². The second-order valence-corrected chi connectivity index (χ2v) is 6.95. The van der Waals surface area contributed by atoms with Gasteiger partial charge in [0.25, 0.3) is 0 Å². The van der Waals surface area contributed by atoms with E-state index in [1.807, 2.05) is 30.3 Å². The molecule has 2 fully saturated rings. The Hall–Kier alpha value is -1.67. The maximum atomic E-state index is 11.9. The Balaban J connectivity index is 0.000000601. The first-order valence-electron chi connectivity index (χ1n) is 10.1. The van der Waals surface area contributed by atoms with Crippen molar-refractivity contribution in [3.05, 3.63) is 35.9 Å². The Labute approximate surface area is 175 Å². The number of ether oxygens (including phenoxy) is 1. The lowest BCUT2D eigenvalue weighted by Gasteiger charge is -2.19. The molecule has 0 saturated carbocycles. The van der Waals surface area contributed by atoms with Crippen LogP contribution in [-0.2, 0) is 11.3 Å². The van der Waals surface area contributed by atoms with Gasteiger partial charge in [0.1, 0.15) is 6.61 Å². The minimum Gasteiger partial charge on any atom is -0.445 e. The molecule has 0 bridgehead atoms. The number of aliphatic hydroxyl groups is 3. The summed E-state index contributed by atoms with van der Waals surface area (Å²) in [5, 5.41) is 28.8. The number of likely N-dealkylation sites (tertiary alicyclic amines) is 1. The van der Waals surface area contributed by atoms with Gasteiger partial charge in [-0.3, -0.25) is 0 Å². The highest BCUT2D eigenvalue weighted by Crippen LogP contribution is 2.12. The number of carbonyl (C=O) groups is 1. The Kier molecular flexibility index (Phi) is 16.2. The van der Waals surface area contributed by atoms with Crippen molar-refractivity contribution in [1.29, 1.82) is 0 Å². The van der Waals surface area contributed by atoms with Crippen molar-refractivity contribution in [3.8, 4) is 0 Å². The summed E-state index contributed by atoms with van der Waals surface area (Å²) in [7, 11) is 1.00. The number of benzene rings is 1. The second-order valence-electron chi connectivity index (χ2n) is 6.95. The van der Waals surface area contributed by atoms with Gasteiger partial charge in [0.2, 0.25) is 0 Å². The first kappa shape index (κ1) is 27.3. The van der Waals surface area contributed by atoms with Gasteiger partial charge in [-0.25, -0.2) is 4.79 Å². The highest BCUT2D eigenvalue weighted by atomic mass is 16.6. The van der Waals surface area contributed by atoms with Gasteiger partial charge in [-0.1, -0.05) is 37.8 Å². The summed E-state index contributed by atoms with van der Waals surface area (Å²) < 4.78 is 5.26. The fraction of sp³-hybridized carbons (Fsp3) is 0.682. The molecule has 1 amide bonds. The molecule has 0 aliphatic carbocycles. The second kappa shape index (κ2) is 17.2. The summed E-state index contributed by atoms with van der Waals surface area (Å²) in [5.74, 6) is 0. The van der Waals surface area contributed by atoms with Crippen LogP contribution in [-0.4, -0.2) is 71.8 Å². The molecule has 4 N–H and O–H groups in total. The van der Waals surface area contributed by atoms with E-state index in [0.29, 0.717) is 26.1 Å². The molecule has 1 aromatic carbocycles. The predicted octanol–water partition coefficient (Wildman–Crippen LogP) is 2.54. The molecule has 2 heterocycles. The zero-order valence-electron chi connectivity index (χ0n) is 16.9. The molecule has 7 heteroatoms. The van der Waals surface area contributed by atoms with Crippen molar-refractivity contribution in [3.63, 3.8) is 0 Å². The van der Waals surface area contributed by atoms with Crippen LogP contribution in [0.5, 0.6) is 0 Å². The smallest absolute Gasteiger partial charge is 0.410 e. The number of carbonyl (C=O) groups excluding carboxylic acids is 1. The topological polar surface area (TPSA) is 102 Å². The molecule has 0 radical (unpaired) electrons. The quantitative estimate of drug-likeness (QED) is 0.595. The zero-order chi connectivity index (χ0) is 20.6. The van der Waals surface area contributed by atoms with Crippen molar-refractivity contribution < 1.29 is 24.9 Å². The molecule has 2 aliphatic rings. The fourth-order valence-corrected chi connectivity index (χ4v) is 3.07. The Bertz CT molecular complexity index is 507. The molecule has 0 aromatic heterocycles. The lowest BCUT2D eigenvalue weighted by Crippen LogP contribution is -2.32. The maximum absolute atomic E-state index is 11.9. The molecular weight excluding hydrogens is 372 g/mol. The number of hydrogen-bond acceptors (Lipinski definition) is 6. The van der Waals surface area contributed by atoms with Crippen molar-refractivity contribution in [2.45, 2.75) is 64.8 Å². The van der Waals surface area contributed by atoms with Gasteiger partial charge in [-0.2, -0.15) is 0 Å². The van der Waals surface area contributed by atoms with Crippen LogP contribution in [0.15, 0.2) is 30.3 Å². The van der Waals surface area contributed by atoms with Crippen LogP contribution < -0.4 is 5.32 Å². The van der Waals surface area contributed by atoms with Gasteiger partial charge in [0.05, 0.1) is 12.2 Å². The molecule has 2 saturated heterocycles. The number of hydrogen-bond donors (Lipinski definition) is 4. The number of amides is 1. The first-order valence-corrected chi connectivity index (χ1v) is 10.1. The fourth-order valence-electron chi connectivity index (χ4n) is 3.07. The SMILES string of the molecule is C.CO.O=C(OCc1ccccc1)N1CCCC(O)CC1.OC1CCCNCC1. The molecule has 2 unspecified atom stereocenters. The highest BCUT2D eigenvalue weighted by Gasteiger charge is 2.20. The third kappa shape index (κ3) is 12.5. The van der Waals surface area contributed by atoms with Gasteiger partial charge in [0, 0.05) is 20.2 Å². The van der Waals surface area contributed by atoms with Crippen LogP contribution in [0.1, 0.15) is 51.5 Å². The van der Waals surface area contributed by atoms with E-state index in [4.69, 9.17) is 14.9 Å². The molecule has 3 rings (SSSR count). The highest BCUT2D eigenvalue weighted by molar-refractivity contribution is 5.67. The number of nitrogens with one attached hydrogen (secondary N) is 1. The third-order valence-electron chi connectivity index (χ3n) is 4.71. The van der Waals surface area contributed by atoms with E-state index in [0.717, 1.165) is 57.9 Å². The van der Waals surface area contributed by atoms with Crippen molar-refractivity contribution in [1.82, 2.24) is 10.2 Å². The Morgan fingerprint density at radius 3 is 2.38 bits per heavy atom. The summed E-state index contributed by atoms with van der Waals surface area (Å²) in [6.07, 6.45) is 4.67. The number of aliphatic hydroxyl groups excluding tert-OH is 3. The molecule has 0 spiro atoms. The molecule has 29 heavy (non-hydrogen) atoms. The van der Waals surface area contributed by atoms with E-state index in [2.05, 4.69) is 5.32 Å². The summed E-state index contributed by atoms with van der Waals surface area (Å²) in [4.78, 5) is 13.5. The van der Waals surface area contributed by atoms with E-state index in [1.165, 1.54) is 0 Å². The summed E-state index contributed by atoms with van der Waals surface area (Å²) in [6.45, 7) is 3.62. The van der Waals surface area contributed by atoms with E-state index in [9.17, 15) is 9.90 Å². The molecule has 7 nitrogen and oxygen atoms in total. The Morgan fingerprint density at radius 1 is 1.00 bits per heavy atom. The largest absolute Gasteiger partial charge is 0.445 e. The Morgan fingerprint density at radius 2 is 1.66 bits per heavy atom. The molecule has 2 atom stereocenters. The van der Waals surface area contributed by atoms with Crippen LogP contribution in [0.3, 0.4) is 0 Å². The summed E-state index contributed by atoms with van der Waals surface area (Å²) in [6, 6.07) is 9.64. The van der Waals surface area contributed by atoms with Crippen molar-refractivity contribution in [2.24, 2.45) is 0 Å². The summed E-state index contributed by atoms with van der Waals surface area (Å²) >= 11 is 0. The van der Waals surface area contributed by atoms with Crippen LogP contribution in [0.4, 0.5) is 4.79 Å². The van der Waals surface area contributed by atoms with Gasteiger partial charge in [-0.05, 0) is 57.2 Å². The molecular formula is C22H40N2O5. The average Bonchev–Trinajstić information content (AvgIpc) is 3.11. The first-order chi connectivity index (χ1) is 13.6. The normalized spacial score (nSPS) is 21.6. The lowest BCUT2D eigenvalue weighted by molar-refractivity contribution is 0.0949. The van der Waals surface area contributed by atoms with Gasteiger partial charge in [-0.15, -0.1) is 0 Å². The summed E-state index contributed by atoms with van der Waals surface area (Å²) in [5.41, 5.74) is 0.987. The monoisotopic (exact) mass is 412 g/mol. The lowest BCUT2D eigenvalue weighted by atomic mass is 10.2. The molecule has 168 valence electrons. The van der Waals surface area contributed by atoms with Crippen LogP contribution in [0, 0.1) is 0 Å². The minimum atomic E-state index is -0.284. The standard InChI is InChI=1S/C14H19NO3.C6H13NO.CH4O.CH4/c16-13-7-4-9-15(10-8-13)14(17)18-11-12-5-2-1-3-6-12;8-6-2-1-4-7-5-3-6;1-2;/h1-3,5-6,13,16H,4,7-11H2;6-8H,1-5H2;2H,1H3;1H4. The third-order valence-corrected chi connectivity index (χ3v) is 4.71.